The number of nitrogens with two attached hydrogens (primary N) is 1. The molecule has 1 aliphatic rings. The highest BCUT2D eigenvalue weighted by Gasteiger charge is 2.38. The molecule has 0 aromatic carbocycles. The molecule has 0 aliphatic heterocycles. The van der Waals surface area contributed by atoms with Crippen molar-refractivity contribution >= 4 is 23.1 Å². The van der Waals surface area contributed by atoms with Crippen molar-refractivity contribution in [1.82, 2.24) is 10.3 Å². The third-order valence-electron chi connectivity index (χ3n) is 4.42. The van der Waals surface area contributed by atoms with Crippen molar-refractivity contribution in [2.45, 2.75) is 52.0 Å². The summed E-state index contributed by atoms with van der Waals surface area (Å²) in [5.74, 6) is 0.523. The Labute approximate surface area is 131 Å². The SMILES string of the molecule is Cc1ccc(C(=O)NC2(C(N)=S)CCC(C)CC2)c(C)n1. The van der Waals surface area contributed by atoms with Gasteiger partial charge in [0.1, 0.15) is 0 Å². The van der Waals surface area contributed by atoms with E-state index >= 15 is 0 Å². The first kappa shape index (κ1) is 15.9. The van der Waals surface area contributed by atoms with Crippen LogP contribution in [0.4, 0.5) is 0 Å². The van der Waals surface area contributed by atoms with E-state index in [9.17, 15) is 4.79 Å². The van der Waals surface area contributed by atoms with Crippen LogP contribution in [0.1, 0.15) is 54.4 Å². The Balaban J connectivity index is 2.21. The standard InChI is InChI=1S/C16H23N3OS/c1-10-6-8-16(9-7-10,15(17)21)19-14(20)13-5-4-11(2)18-12(13)3/h4-5,10H,6-9H2,1-3H3,(H2,17,21)(H,19,20). The van der Waals surface area contributed by atoms with E-state index in [0.29, 0.717) is 16.5 Å². The Hall–Kier alpha value is -1.49. The highest BCUT2D eigenvalue weighted by atomic mass is 32.1. The Bertz CT molecular complexity index is 563. The van der Waals surface area contributed by atoms with E-state index in [4.69, 9.17) is 18.0 Å². The zero-order valence-corrected chi connectivity index (χ0v) is 13.7. The van der Waals surface area contributed by atoms with Crippen LogP contribution in [0.5, 0.6) is 0 Å². The topological polar surface area (TPSA) is 68.0 Å². The molecule has 5 heteroatoms. The Morgan fingerprint density at radius 2 is 2.00 bits per heavy atom. The van der Waals surface area contributed by atoms with Crippen LogP contribution in [0.25, 0.3) is 0 Å². The lowest BCUT2D eigenvalue weighted by Crippen LogP contribution is -2.58. The molecular weight excluding hydrogens is 282 g/mol. The molecule has 0 radical (unpaired) electrons. The van der Waals surface area contributed by atoms with Crippen molar-refractivity contribution < 1.29 is 4.79 Å². The van der Waals surface area contributed by atoms with E-state index in [1.54, 1.807) is 0 Å². The molecule has 1 saturated carbocycles. The molecule has 1 fully saturated rings. The lowest BCUT2D eigenvalue weighted by molar-refractivity contribution is 0.0899. The Kier molecular flexibility index (Phi) is 4.61. The number of thiocarbonyl (C=S) groups is 1. The zero-order chi connectivity index (χ0) is 15.6. The second kappa shape index (κ2) is 6.10. The van der Waals surface area contributed by atoms with Crippen LogP contribution in [0.3, 0.4) is 0 Å². The van der Waals surface area contributed by atoms with Crippen LogP contribution in [0.15, 0.2) is 12.1 Å². The van der Waals surface area contributed by atoms with E-state index in [2.05, 4.69) is 17.2 Å². The first-order valence-corrected chi connectivity index (χ1v) is 7.81. The first-order valence-electron chi connectivity index (χ1n) is 7.41. The summed E-state index contributed by atoms with van der Waals surface area (Å²) in [6.07, 6.45) is 3.69. The number of hydrogen-bond donors (Lipinski definition) is 2. The molecular formula is C16H23N3OS. The maximum Gasteiger partial charge on any atom is 0.253 e. The van der Waals surface area contributed by atoms with Gasteiger partial charge in [-0.3, -0.25) is 9.78 Å². The minimum Gasteiger partial charge on any atom is -0.391 e. The molecule has 1 aliphatic carbocycles. The van der Waals surface area contributed by atoms with E-state index < -0.39 is 5.54 Å². The number of carbonyl (C=O) groups is 1. The third kappa shape index (κ3) is 3.40. The molecule has 1 heterocycles. The maximum absolute atomic E-state index is 12.6. The quantitative estimate of drug-likeness (QED) is 0.843. The summed E-state index contributed by atoms with van der Waals surface area (Å²) in [6, 6.07) is 3.66. The fraction of sp³-hybridized carbons (Fsp3) is 0.562. The third-order valence-corrected chi connectivity index (χ3v) is 4.81. The van der Waals surface area contributed by atoms with Crippen molar-refractivity contribution in [3.8, 4) is 0 Å². The molecule has 114 valence electrons. The molecule has 0 spiro atoms. The molecule has 4 nitrogen and oxygen atoms in total. The molecule has 3 N–H and O–H groups in total. The molecule has 1 aromatic heterocycles. The minimum atomic E-state index is -0.545. The first-order chi connectivity index (χ1) is 9.84. The maximum atomic E-state index is 12.6. The number of amides is 1. The summed E-state index contributed by atoms with van der Waals surface area (Å²) < 4.78 is 0. The number of aromatic nitrogens is 1. The largest absolute Gasteiger partial charge is 0.391 e. The fourth-order valence-corrected chi connectivity index (χ4v) is 3.15. The van der Waals surface area contributed by atoms with Crippen LogP contribution >= 0.6 is 12.2 Å². The molecule has 0 atom stereocenters. The van der Waals surface area contributed by atoms with Crippen molar-refractivity contribution in [2.24, 2.45) is 11.7 Å². The Morgan fingerprint density at radius 3 is 2.52 bits per heavy atom. The van der Waals surface area contributed by atoms with Crippen LogP contribution < -0.4 is 11.1 Å². The van der Waals surface area contributed by atoms with E-state index in [0.717, 1.165) is 37.1 Å². The van der Waals surface area contributed by atoms with Gasteiger partial charge in [-0.2, -0.15) is 0 Å². The van der Waals surface area contributed by atoms with Gasteiger partial charge in [0, 0.05) is 5.69 Å². The minimum absolute atomic E-state index is 0.137. The molecule has 1 aromatic rings. The lowest BCUT2D eigenvalue weighted by atomic mass is 9.77. The summed E-state index contributed by atoms with van der Waals surface area (Å²) in [5.41, 5.74) is 7.62. The lowest BCUT2D eigenvalue weighted by Gasteiger charge is -2.39. The number of aryl methyl sites for hydroxylation is 2. The molecule has 0 saturated heterocycles. The summed E-state index contributed by atoms with van der Waals surface area (Å²) >= 11 is 5.24. The number of nitrogens with zero attached hydrogens (tertiary/aromatic N) is 1. The van der Waals surface area contributed by atoms with Crippen LogP contribution in [0.2, 0.25) is 0 Å². The zero-order valence-electron chi connectivity index (χ0n) is 12.9. The van der Waals surface area contributed by atoms with Gasteiger partial charge in [0.05, 0.1) is 21.8 Å². The predicted octanol–water partition coefficient (Wildman–Crippen LogP) is 2.66. The van der Waals surface area contributed by atoms with Crippen molar-refractivity contribution in [3.05, 3.63) is 29.1 Å². The van der Waals surface area contributed by atoms with Gasteiger partial charge in [-0.05, 0) is 57.6 Å². The average molecular weight is 305 g/mol. The molecule has 21 heavy (non-hydrogen) atoms. The monoisotopic (exact) mass is 305 g/mol. The molecule has 0 unspecified atom stereocenters. The summed E-state index contributed by atoms with van der Waals surface area (Å²) in [5, 5.41) is 3.08. The second-order valence-electron chi connectivity index (χ2n) is 6.17. The van der Waals surface area contributed by atoms with Crippen molar-refractivity contribution in [3.63, 3.8) is 0 Å². The van der Waals surface area contributed by atoms with Gasteiger partial charge in [-0.15, -0.1) is 0 Å². The number of nitrogens with one attached hydrogen (secondary N) is 1. The number of carbonyl (C=O) groups excluding carboxylic acids is 1. The smallest absolute Gasteiger partial charge is 0.253 e. The van der Waals surface area contributed by atoms with Gasteiger partial charge in [-0.25, -0.2) is 0 Å². The van der Waals surface area contributed by atoms with Crippen LogP contribution in [-0.4, -0.2) is 21.4 Å². The van der Waals surface area contributed by atoms with Gasteiger partial charge in [0.25, 0.3) is 5.91 Å². The van der Waals surface area contributed by atoms with Gasteiger partial charge in [-0.1, -0.05) is 19.1 Å². The molecule has 0 bridgehead atoms. The highest BCUT2D eigenvalue weighted by molar-refractivity contribution is 7.80. The van der Waals surface area contributed by atoms with Crippen LogP contribution in [0, 0.1) is 19.8 Å². The summed E-state index contributed by atoms with van der Waals surface area (Å²) in [6.45, 7) is 5.98. The highest BCUT2D eigenvalue weighted by Crippen LogP contribution is 2.32. The van der Waals surface area contributed by atoms with Gasteiger partial charge >= 0.3 is 0 Å². The summed E-state index contributed by atoms with van der Waals surface area (Å²) in [4.78, 5) is 17.3. The number of hydrogen-bond acceptors (Lipinski definition) is 3. The van der Waals surface area contributed by atoms with Gasteiger partial charge in [0.2, 0.25) is 0 Å². The summed E-state index contributed by atoms with van der Waals surface area (Å²) in [7, 11) is 0. The van der Waals surface area contributed by atoms with Gasteiger partial charge in [0.15, 0.2) is 0 Å². The van der Waals surface area contributed by atoms with E-state index in [1.165, 1.54) is 0 Å². The van der Waals surface area contributed by atoms with Crippen molar-refractivity contribution in [2.75, 3.05) is 0 Å². The predicted molar refractivity (Wildman–Crippen MR) is 88.3 cm³/mol. The Morgan fingerprint density at radius 1 is 1.38 bits per heavy atom. The fourth-order valence-electron chi connectivity index (χ4n) is 2.90. The average Bonchev–Trinajstić information content (AvgIpc) is 2.41. The van der Waals surface area contributed by atoms with Crippen molar-refractivity contribution in [1.29, 1.82) is 0 Å². The molecule has 1 amide bonds. The van der Waals surface area contributed by atoms with E-state index in [-0.39, 0.29) is 5.91 Å². The van der Waals surface area contributed by atoms with E-state index in [1.807, 2.05) is 26.0 Å². The normalized spacial score (nSPS) is 25.4. The van der Waals surface area contributed by atoms with Gasteiger partial charge < -0.3 is 11.1 Å². The van der Waals surface area contributed by atoms with Crippen LogP contribution in [-0.2, 0) is 0 Å². The number of rotatable bonds is 3. The second-order valence-corrected chi connectivity index (χ2v) is 6.61. The number of pyridine rings is 1. The molecule has 2 rings (SSSR count).